The van der Waals surface area contributed by atoms with Crippen molar-refractivity contribution in [1.29, 1.82) is 0 Å². The number of carbonyl (C=O) groups is 1. The van der Waals surface area contributed by atoms with Gasteiger partial charge in [-0.1, -0.05) is 30.0 Å². The maximum Gasteiger partial charge on any atom is 0.234 e. The zero-order chi connectivity index (χ0) is 22.9. The number of nitrogens with one attached hydrogen (secondary N) is 1. The Morgan fingerprint density at radius 3 is 2.72 bits per heavy atom. The van der Waals surface area contributed by atoms with Crippen LogP contribution in [0.25, 0.3) is 0 Å². The van der Waals surface area contributed by atoms with E-state index in [0.717, 1.165) is 11.3 Å². The molecule has 168 valence electrons. The number of amides is 1. The molecule has 8 nitrogen and oxygen atoms in total. The zero-order valence-corrected chi connectivity index (χ0v) is 19.1. The Kier molecular flexibility index (Phi) is 8.15. The van der Waals surface area contributed by atoms with Crippen molar-refractivity contribution < 1.29 is 19.0 Å². The van der Waals surface area contributed by atoms with E-state index in [1.54, 1.807) is 38.5 Å². The molecule has 0 saturated heterocycles. The molecule has 0 aliphatic carbocycles. The molecule has 1 heterocycles. The van der Waals surface area contributed by atoms with E-state index in [2.05, 4.69) is 22.1 Å². The fraction of sp³-hybridized carbons (Fsp3) is 0.261. The standard InChI is InChI=1S/C23H26N4O4S/c1-5-11-27-21(14-31-18-8-6-7-16(2)12-18)25-26-23(27)32-15-22(28)24-19-13-17(29-3)9-10-20(19)30-4/h5-10,12-13H,1,11,14-15H2,2-4H3,(H,24,28). The molecule has 32 heavy (non-hydrogen) atoms. The third kappa shape index (κ3) is 6.04. The topological polar surface area (TPSA) is 87.5 Å². The lowest BCUT2D eigenvalue weighted by Crippen LogP contribution is -2.15. The molecule has 0 atom stereocenters. The van der Waals surface area contributed by atoms with Gasteiger partial charge in [-0.05, 0) is 36.8 Å². The normalized spacial score (nSPS) is 10.5. The average Bonchev–Trinajstić information content (AvgIpc) is 3.18. The largest absolute Gasteiger partial charge is 0.497 e. The van der Waals surface area contributed by atoms with Crippen molar-refractivity contribution in [3.63, 3.8) is 0 Å². The Labute approximate surface area is 191 Å². The second-order valence-electron chi connectivity index (χ2n) is 6.81. The first-order valence-electron chi connectivity index (χ1n) is 9.91. The van der Waals surface area contributed by atoms with Gasteiger partial charge in [-0.25, -0.2) is 0 Å². The summed E-state index contributed by atoms with van der Waals surface area (Å²) < 4.78 is 18.3. The molecular weight excluding hydrogens is 428 g/mol. The predicted molar refractivity (Wildman–Crippen MR) is 125 cm³/mol. The Morgan fingerprint density at radius 2 is 2.00 bits per heavy atom. The maximum atomic E-state index is 12.5. The Bertz CT molecular complexity index is 1080. The molecule has 0 fully saturated rings. The first-order chi connectivity index (χ1) is 15.5. The van der Waals surface area contributed by atoms with Crippen molar-refractivity contribution in [2.75, 3.05) is 25.3 Å². The first-order valence-corrected chi connectivity index (χ1v) is 10.9. The molecular formula is C23H26N4O4S. The van der Waals surface area contributed by atoms with Crippen LogP contribution in [0.5, 0.6) is 17.2 Å². The summed E-state index contributed by atoms with van der Waals surface area (Å²) in [5.41, 5.74) is 1.65. The average molecular weight is 455 g/mol. The summed E-state index contributed by atoms with van der Waals surface area (Å²) in [7, 11) is 3.11. The third-order valence-electron chi connectivity index (χ3n) is 4.48. The van der Waals surface area contributed by atoms with Crippen molar-refractivity contribution in [2.24, 2.45) is 0 Å². The van der Waals surface area contributed by atoms with Crippen molar-refractivity contribution >= 4 is 23.4 Å². The first kappa shape index (κ1) is 23.2. The van der Waals surface area contributed by atoms with Gasteiger partial charge in [0.1, 0.15) is 23.9 Å². The molecule has 0 aliphatic heterocycles. The number of rotatable bonds is 11. The zero-order valence-electron chi connectivity index (χ0n) is 18.3. The van der Waals surface area contributed by atoms with Crippen LogP contribution in [0.4, 0.5) is 5.69 Å². The van der Waals surface area contributed by atoms with E-state index in [0.29, 0.717) is 34.7 Å². The van der Waals surface area contributed by atoms with Crippen LogP contribution in [-0.2, 0) is 17.9 Å². The van der Waals surface area contributed by atoms with E-state index in [9.17, 15) is 4.79 Å². The molecule has 0 saturated carbocycles. The molecule has 1 amide bonds. The fourth-order valence-corrected chi connectivity index (χ4v) is 3.69. The molecule has 2 aromatic carbocycles. The highest BCUT2D eigenvalue weighted by Gasteiger charge is 2.15. The predicted octanol–water partition coefficient (Wildman–Crippen LogP) is 4.10. The smallest absolute Gasteiger partial charge is 0.234 e. The minimum Gasteiger partial charge on any atom is -0.497 e. The molecule has 0 radical (unpaired) electrons. The number of aryl methyl sites for hydroxylation is 1. The molecule has 1 aromatic heterocycles. The Morgan fingerprint density at radius 1 is 1.16 bits per heavy atom. The van der Waals surface area contributed by atoms with Gasteiger partial charge in [-0.15, -0.1) is 16.8 Å². The second kappa shape index (κ2) is 11.2. The molecule has 0 bridgehead atoms. The van der Waals surface area contributed by atoms with Crippen LogP contribution in [0, 0.1) is 6.92 Å². The Hall–Kier alpha value is -3.46. The van der Waals surface area contributed by atoms with Gasteiger partial charge < -0.3 is 19.5 Å². The van der Waals surface area contributed by atoms with Gasteiger partial charge in [-0.2, -0.15) is 0 Å². The third-order valence-corrected chi connectivity index (χ3v) is 5.44. The van der Waals surface area contributed by atoms with E-state index in [-0.39, 0.29) is 18.3 Å². The van der Waals surface area contributed by atoms with E-state index < -0.39 is 0 Å². The van der Waals surface area contributed by atoms with Crippen LogP contribution in [0.2, 0.25) is 0 Å². The number of ether oxygens (including phenoxy) is 3. The summed E-state index contributed by atoms with van der Waals surface area (Å²) >= 11 is 1.28. The molecule has 1 N–H and O–H groups in total. The minimum absolute atomic E-state index is 0.147. The van der Waals surface area contributed by atoms with Gasteiger partial charge in [0, 0.05) is 12.6 Å². The molecule has 0 aliphatic rings. The lowest BCUT2D eigenvalue weighted by molar-refractivity contribution is -0.113. The van der Waals surface area contributed by atoms with Gasteiger partial charge in [0.25, 0.3) is 0 Å². The second-order valence-corrected chi connectivity index (χ2v) is 7.75. The van der Waals surface area contributed by atoms with Crippen LogP contribution < -0.4 is 19.5 Å². The minimum atomic E-state index is -0.202. The highest BCUT2D eigenvalue weighted by molar-refractivity contribution is 7.99. The quantitative estimate of drug-likeness (QED) is 0.345. The maximum absolute atomic E-state index is 12.5. The molecule has 3 aromatic rings. The van der Waals surface area contributed by atoms with Gasteiger partial charge in [0.2, 0.25) is 5.91 Å². The summed E-state index contributed by atoms with van der Waals surface area (Å²) in [5, 5.41) is 11.9. The van der Waals surface area contributed by atoms with E-state index in [1.807, 2.05) is 35.8 Å². The number of benzene rings is 2. The highest BCUT2D eigenvalue weighted by Crippen LogP contribution is 2.29. The summed E-state index contributed by atoms with van der Waals surface area (Å²) in [4.78, 5) is 12.5. The number of carbonyl (C=O) groups excluding carboxylic acids is 1. The molecule has 0 spiro atoms. The summed E-state index contributed by atoms with van der Waals surface area (Å²) in [6, 6.07) is 13.0. The van der Waals surface area contributed by atoms with Crippen LogP contribution >= 0.6 is 11.8 Å². The number of anilines is 1. The Balaban J connectivity index is 1.64. The highest BCUT2D eigenvalue weighted by atomic mass is 32.2. The van der Waals surface area contributed by atoms with Crippen molar-refractivity contribution in [3.8, 4) is 17.2 Å². The van der Waals surface area contributed by atoms with Crippen molar-refractivity contribution in [1.82, 2.24) is 14.8 Å². The summed E-state index contributed by atoms with van der Waals surface area (Å²) in [5.74, 6) is 2.54. The number of hydrogen-bond acceptors (Lipinski definition) is 7. The number of hydrogen-bond donors (Lipinski definition) is 1. The van der Waals surface area contributed by atoms with Gasteiger partial charge >= 0.3 is 0 Å². The van der Waals surface area contributed by atoms with Gasteiger partial charge in [0.15, 0.2) is 11.0 Å². The summed E-state index contributed by atoms with van der Waals surface area (Å²) in [6.07, 6.45) is 1.75. The number of allylic oxidation sites excluding steroid dienone is 1. The number of nitrogens with zero attached hydrogens (tertiary/aromatic N) is 3. The van der Waals surface area contributed by atoms with Crippen LogP contribution in [-0.4, -0.2) is 40.6 Å². The van der Waals surface area contributed by atoms with E-state index in [4.69, 9.17) is 14.2 Å². The SMILES string of the molecule is C=CCn1c(COc2cccc(C)c2)nnc1SCC(=O)Nc1cc(OC)ccc1OC. The van der Waals surface area contributed by atoms with E-state index >= 15 is 0 Å². The van der Waals surface area contributed by atoms with Crippen LogP contribution in [0.3, 0.4) is 0 Å². The van der Waals surface area contributed by atoms with E-state index in [1.165, 1.54) is 11.8 Å². The van der Waals surface area contributed by atoms with Crippen molar-refractivity contribution in [2.45, 2.75) is 25.2 Å². The summed E-state index contributed by atoms with van der Waals surface area (Å²) in [6.45, 7) is 6.58. The van der Waals surface area contributed by atoms with Crippen LogP contribution in [0.1, 0.15) is 11.4 Å². The molecule has 9 heteroatoms. The molecule has 0 unspecified atom stereocenters. The molecule has 3 rings (SSSR count). The lowest BCUT2D eigenvalue weighted by atomic mass is 10.2. The fourth-order valence-electron chi connectivity index (χ4n) is 2.93. The number of methoxy groups -OCH3 is 2. The van der Waals surface area contributed by atoms with Crippen LogP contribution in [0.15, 0.2) is 60.3 Å². The monoisotopic (exact) mass is 454 g/mol. The van der Waals surface area contributed by atoms with Gasteiger partial charge in [0.05, 0.1) is 25.7 Å². The number of thioether (sulfide) groups is 1. The van der Waals surface area contributed by atoms with Gasteiger partial charge in [-0.3, -0.25) is 9.36 Å². The lowest BCUT2D eigenvalue weighted by Gasteiger charge is -2.12. The van der Waals surface area contributed by atoms with Crippen molar-refractivity contribution in [3.05, 3.63) is 66.5 Å². The number of aromatic nitrogens is 3.